The van der Waals surface area contributed by atoms with E-state index in [9.17, 15) is 0 Å². The number of hydrogen-bond donors (Lipinski definition) is 2. The van der Waals surface area contributed by atoms with E-state index >= 15 is 0 Å². The molecule has 0 saturated carbocycles. The largest absolute Gasteiger partial charge is 0.395 e. The summed E-state index contributed by atoms with van der Waals surface area (Å²) in [7, 11) is 1.92. The number of aliphatic hydroxyl groups is 1. The highest BCUT2D eigenvalue weighted by Gasteiger charge is 2.06. The van der Waals surface area contributed by atoms with Gasteiger partial charge in [-0.25, -0.2) is 14.6 Å². The molecule has 0 saturated heterocycles. The summed E-state index contributed by atoms with van der Waals surface area (Å²) in [5.74, 6) is 1.57. The number of likely N-dealkylation sites (N-methyl/N-ethyl adjacent to an activating group) is 1. The van der Waals surface area contributed by atoms with E-state index in [0.29, 0.717) is 13.1 Å². The number of hydrogen-bond acceptors (Lipinski definition) is 6. The Bertz CT molecular complexity index is 756. The van der Waals surface area contributed by atoms with Crippen LogP contribution in [0, 0.1) is 0 Å². The lowest BCUT2D eigenvalue weighted by Crippen LogP contribution is -2.21. The van der Waals surface area contributed by atoms with Gasteiger partial charge in [-0.05, 0) is 30.3 Å². The molecule has 0 spiro atoms. The predicted octanol–water partition coefficient (Wildman–Crippen LogP) is 1.70. The van der Waals surface area contributed by atoms with Gasteiger partial charge >= 0.3 is 0 Å². The highest BCUT2D eigenvalue weighted by molar-refractivity contribution is 5.49. The number of nitrogens with one attached hydrogen (secondary N) is 1. The molecule has 3 rings (SSSR count). The summed E-state index contributed by atoms with van der Waals surface area (Å²) >= 11 is 0. The van der Waals surface area contributed by atoms with Crippen LogP contribution in [-0.2, 0) is 6.54 Å². The maximum absolute atomic E-state index is 8.97. The average Bonchev–Trinajstić information content (AvgIpc) is 3.10. The van der Waals surface area contributed by atoms with Crippen molar-refractivity contribution in [1.29, 1.82) is 0 Å². The van der Waals surface area contributed by atoms with Crippen molar-refractivity contribution in [2.45, 2.75) is 6.54 Å². The van der Waals surface area contributed by atoms with Crippen molar-refractivity contribution in [3.05, 3.63) is 60.7 Å². The molecular weight excluding hydrogens is 304 g/mol. The minimum Gasteiger partial charge on any atom is -0.395 e. The molecule has 0 amide bonds. The monoisotopic (exact) mass is 324 g/mol. The van der Waals surface area contributed by atoms with Crippen LogP contribution >= 0.6 is 0 Å². The fourth-order valence-corrected chi connectivity index (χ4v) is 2.33. The van der Waals surface area contributed by atoms with Crippen LogP contribution < -0.4 is 10.2 Å². The zero-order valence-electron chi connectivity index (χ0n) is 13.5. The standard InChI is InChI=1S/C17H20N6O/c1-22(10-11-24)14-5-6-16(19-12-14)20-13-15-7-9-21-23(15)17-4-2-3-8-18-17/h2-9,12,24H,10-11,13H2,1H3,(H,19,20). The topological polar surface area (TPSA) is 79.1 Å². The lowest BCUT2D eigenvalue weighted by Gasteiger charge is -2.17. The van der Waals surface area contributed by atoms with Crippen molar-refractivity contribution < 1.29 is 5.11 Å². The normalized spacial score (nSPS) is 10.6. The van der Waals surface area contributed by atoms with Gasteiger partial charge in [0.2, 0.25) is 0 Å². The first kappa shape index (κ1) is 15.9. The molecule has 7 heteroatoms. The zero-order chi connectivity index (χ0) is 16.8. The third kappa shape index (κ3) is 3.69. The molecule has 0 radical (unpaired) electrons. The Kier molecular flexibility index (Phi) is 5.02. The van der Waals surface area contributed by atoms with E-state index in [4.69, 9.17) is 5.11 Å². The first-order valence-electron chi connectivity index (χ1n) is 7.74. The Labute approximate surface area is 140 Å². The quantitative estimate of drug-likeness (QED) is 0.689. The highest BCUT2D eigenvalue weighted by Crippen LogP contribution is 2.14. The molecule has 0 atom stereocenters. The second kappa shape index (κ2) is 7.56. The second-order valence-corrected chi connectivity index (χ2v) is 5.32. The zero-order valence-corrected chi connectivity index (χ0v) is 13.5. The van der Waals surface area contributed by atoms with Crippen LogP contribution in [0.15, 0.2) is 55.0 Å². The molecule has 0 aliphatic carbocycles. The predicted molar refractivity (Wildman–Crippen MR) is 93.3 cm³/mol. The molecule has 3 aromatic heterocycles. The van der Waals surface area contributed by atoms with Gasteiger partial charge in [-0.2, -0.15) is 5.10 Å². The van der Waals surface area contributed by atoms with E-state index in [-0.39, 0.29) is 6.61 Å². The van der Waals surface area contributed by atoms with Crippen LogP contribution in [0.3, 0.4) is 0 Å². The van der Waals surface area contributed by atoms with Gasteiger partial charge in [-0.15, -0.1) is 0 Å². The van der Waals surface area contributed by atoms with Gasteiger partial charge in [-0.3, -0.25) is 0 Å². The average molecular weight is 324 g/mol. The maximum atomic E-state index is 8.97. The fourth-order valence-electron chi connectivity index (χ4n) is 2.33. The van der Waals surface area contributed by atoms with Crippen LogP contribution in [0.4, 0.5) is 11.5 Å². The first-order chi connectivity index (χ1) is 11.8. The number of aromatic nitrogens is 4. The van der Waals surface area contributed by atoms with Gasteiger partial charge in [0, 0.05) is 26.0 Å². The summed E-state index contributed by atoms with van der Waals surface area (Å²) in [6.07, 6.45) is 5.29. The number of anilines is 2. The van der Waals surface area contributed by atoms with Crippen molar-refractivity contribution in [2.75, 3.05) is 30.4 Å². The molecule has 7 nitrogen and oxygen atoms in total. The van der Waals surface area contributed by atoms with Crippen LogP contribution in [0.2, 0.25) is 0 Å². The van der Waals surface area contributed by atoms with Crippen molar-refractivity contribution in [2.24, 2.45) is 0 Å². The number of nitrogens with zero attached hydrogens (tertiary/aromatic N) is 5. The van der Waals surface area contributed by atoms with Gasteiger partial charge in [0.25, 0.3) is 0 Å². The van der Waals surface area contributed by atoms with Crippen LogP contribution in [-0.4, -0.2) is 45.1 Å². The van der Waals surface area contributed by atoms with E-state index in [1.54, 1.807) is 23.3 Å². The fraction of sp³-hybridized carbons (Fsp3) is 0.235. The summed E-state index contributed by atoms with van der Waals surface area (Å²) in [5.41, 5.74) is 1.96. The summed E-state index contributed by atoms with van der Waals surface area (Å²) in [6.45, 7) is 1.29. The molecule has 2 N–H and O–H groups in total. The minimum atomic E-state index is 0.119. The van der Waals surface area contributed by atoms with E-state index in [2.05, 4.69) is 20.4 Å². The molecule has 0 fully saturated rings. The van der Waals surface area contributed by atoms with Crippen LogP contribution in [0.5, 0.6) is 0 Å². The molecule has 3 aromatic rings. The van der Waals surface area contributed by atoms with Gasteiger partial charge < -0.3 is 15.3 Å². The molecule has 24 heavy (non-hydrogen) atoms. The van der Waals surface area contributed by atoms with E-state index in [0.717, 1.165) is 23.0 Å². The Morgan fingerprint density at radius 2 is 2.04 bits per heavy atom. The van der Waals surface area contributed by atoms with Crippen LogP contribution in [0.1, 0.15) is 5.69 Å². The third-order valence-electron chi connectivity index (χ3n) is 3.66. The van der Waals surface area contributed by atoms with Crippen molar-refractivity contribution in [1.82, 2.24) is 19.7 Å². The van der Waals surface area contributed by atoms with E-state index in [1.165, 1.54) is 0 Å². The smallest absolute Gasteiger partial charge is 0.153 e. The number of pyridine rings is 2. The Hall–Kier alpha value is -2.93. The van der Waals surface area contributed by atoms with Gasteiger partial charge in [0.1, 0.15) is 5.82 Å². The second-order valence-electron chi connectivity index (χ2n) is 5.32. The maximum Gasteiger partial charge on any atom is 0.153 e. The number of rotatable bonds is 7. The molecule has 0 aliphatic heterocycles. The van der Waals surface area contributed by atoms with E-state index < -0.39 is 0 Å². The summed E-state index contributed by atoms with van der Waals surface area (Å²) < 4.78 is 1.80. The van der Waals surface area contributed by atoms with Gasteiger partial charge in [0.15, 0.2) is 5.82 Å². The molecule has 124 valence electrons. The lowest BCUT2D eigenvalue weighted by atomic mass is 10.3. The van der Waals surface area contributed by atoms with Crippen molar-refractivity contribution >= 4 is 11.5 Å². The van der Waals surface area contributed by atoms with Crippen LogP contribution in [0.25, 0.3) is 5.82 Å². The van der Waals surface area contributed by atoms with Gasteiger partial charge in [0.05, 0.1) is 30.7 Å². The minimum absolute atomic E-state index is 0.119. The Balaban J connectivity index is 1.66. The molecule has 0 aliphatic rings. The molecule has 0 unspecified atom stereocenters. The summed E-state index contributed by atoms with van der Waals surface area (Å²) in [5, 5.41) is 16.6. The SMILES string of the molecule is CN(CCO)c1ccc(NCc2ccnn2-c2ccccn2)nc1. The summed E-state index contributed by atoms with van der Waals surface area (Å²) in [6, 6.07) is 11.6. The van der Waals surface area contributed by atoms with Crippen molar-refractivity contribution in [3.8, 4) is 5.82 Å². The molecule has 3 heterocycles. The first-order valence-corrected chi connectivity index (χ1v) is 7.74. The highest BCUT2D eigenvalue weighted by atomic mass is 16.3. The summed E-state index contributed by atoms with van der Waals surface area (Å²) in [4.78, 5) is 10.7. The number of aliphatic hydroxyl groups excluding tert-OH is 1. The molecular formula is C17H20N6O. The molecule has 0 aromatic carbocycles. The van der Waals surface area contributed by atoms with Gasteiger partial charge in [-0.1, -0.05) is 6.07 Å². The Morgan fingerprint density at radius 1 is 1.12 bits per heavy atom. The third-order valence-corrected chi connectivity index (χ3v) is 3.66. The molecule has 0 bridgehead atoms. The van der Waals surface area contributed by atoms with Crippen molar-refractivity contribution in [3.63, 3.8) is 0 Å². The Morgan fingerprint density at radius 3 is 2.75 bits per heavy atom. The lowest BCUT2D eigenvalue weighted by molar-refractivity contribution is 0.304. The van der Waals surface area contributed by atoms with E-state index in [1.807, 2.05) is 48.3 Å².